The maximum atomic E-state index is 14.1. The van der Waals surface area contributed by atoms with Crippen molar-refractivity contribution in [3.63, 3.8) is 0 Å². The van der Waals surface area contributed by atoms with E-state index in [1.807, 2.05) is 30.3 Å². The first-order valence-corrected chi connectivity index (χ1v) is 14.2. The smallest absolute Gasteiger partial charge is 0.333 e. The molecule has 2 aliphatic carbocycles. The number of thiophene rings is 1. The summed E-state index contributed by atoms with van der Waals surface area (Å²) in [4.78, 5) is 45.3. The Hall–Kier alpha value is -3.54. The van der Waals surface area contributed by atoms with Crippen LogP contribution in [0.25, 0.3) is 21.0 Å². The molecule has 4 aromatic rings. The van der Waals surface area contributed by atoms with Crippen LogP contribution in [-0.4, -0.2) is 42.0 Å². The lowest BCUT2D eigenvalue weighted by Crippen LogP contribution is -2.52. The third-order valence-corrected chi connectivity index (χ3v) is 9.75. The first-order chi connectivity index (χ1) is 19.0. The number of nitrogens with zero attached hydrogens (tertiary/aromatic N) is 3. The van der Waals surface area contributed by atoms with Gasteiger partial charge < -0.3 is 19.4 Å². The number of ether oxygens (including phenoxy) is 1. The summed E-state index contributed by atoms with van der Waals surface area (Å²) >= 11 is 1.21. The molecule has 0 amide bonds. The summed E-state index contributed by atoms with van der Waals surface area (Å²) in [6, 6.07) is 9.55. The number of carboxylic acids is 1. The van der Waals surface area contributed by atoms with Crippen LogP contribution in [0.1, 0.15) is 56.8 Å². The van der Waals surface area contributed by atoms with E-state index in [9.17, 15) is 24.6 Å². The van der Waals surface area contributed by atoms with Crippen molar-refractivity contribution in [3.8, 4) is 10.8 Å². The van der Waals surface area contributed by atoms with Gasteiger partial charge in [-0.25, -0.2) is 19.1 Å². The van der Waals surface area contributed by atoms with Gasteiger partial charge in [-0.2, -0.15) is 0 Å². The first-order valence-electron chi connectivity index (χ1n) is 13.4. The van der Waals surface area contributed by atoms with Crippen molar-refractivity contribution < 1.29 is 24.2 Å². The average molecular weight is 566 g/mol. The van der Waals surface area contributed by atoms with Crippen LogP contribution in [0.5, 0.6) is 0 Å². The molecule has 4 atom stereocenters. The number of oxazole rings is 1. The van der Waals surface area contributed by atoms with Gasteiger partial charge in [0.1, 0.15) is 22.7 Å². The minimum absolute atomic E-state index is 0.0612. The Morgan fingerprint density at radius 3 is 2.70 bits per heavy atom. The lowest BCUT2D eigenvalue weighted by Gasteiger charge is -2.30. The third-order valence-electron chi connectivity index (χ3n) is 8.44. The molecule has 6 rings (SSSR count). The van der Waals surface area contributed by atoms with Crippen LogP contribution in [-0.2, 0) is 21.6 Å². The number of hydrogen-bond donors (Lipinski definition) is 2. The van der Waals surface area contributed by atoms with Crippen molar-refractivity contribution in [1.82, 2.24) is 14.1 Å². The fourth-order valence-electron chi connectivity index (χ4n) is 5.87. The van der Waals surface area contributed by atoms with Gasteiger partial charge >= 0.3 is 11.7 Å². The molecule has 0 bridgehead atoms. The summed E-state index contributed by atoms with van der Waals surface area (Å²) in [7, 11) is 0. The van der Waals surface area contributed by atoms with Gasteiger partial charge in [-0.1, -0.05) is 30.3 Å². The Balaban J connectivity index is 1.52. The Morgan fingerprint density at radius 1 is 1.30 bits per heavy atom. The lowest BCUT2D eigenvalue weighted by molar-refractivity contribution is -0.146. The number of benzene rings is 1. The molecule has 1 aromatic carbocycles. The summed E-state index contributed by atoms with van der Waals surface area (Å²) in [5, 5.41) is 20.7. The Kier molecular flexibility index (Phi) is 6.36. The highest BCUT2D eigenvalue weighted by atomic mass is 32.1. The second kappa shape index (κ2) is 9.53. The second-order valence-corrected chi connectivity index (χ2v) is 12.4. The van der Waals surface area contributed by atoms with Gasteiger partial charge in [-0.15, -0.1) is 11.3 Å². The van der Waals surface area contributed by atoms with E-state index in [4.69, 9.17) is 9.15 Å². The zero-order valence-corrected chi connectivity index (χ0v) is 23.3. The van der Waals surface area contributed by atoms with Gasteiger partial charge in [-0.3, -0.25) is 9.36 Å². The van der Waals surface area contributed by atoms with E-state index in [2.05, 4.69) is 4.98 Å². The van der Waals surface area contributed by atoms with E-state index in [-0.39, 0.29) is 24.0 Å². The van der Waals surface area contributed by atoms with Crippen LogP contribution in [0, 0.1) is 12.8 Å². The van der Waals surface area contributed by atoms with Crippen LogP contribution in [0.2, 0.25) is 0 Å². The number of aryl methyl sites for hydroxylation is 1. The van der Waals surface area contributed by atoms with E-state index < -0.39 is 34.5 Å². The highest BCUT2D eigenvalue weighted by molar-refractivity contribution is 7.22. The van der Waals surface area contributed by atoms with E-state index in [1.54, 1.807) is 6.92 Å². The standard InChI is InChI=1S/C29H31N3O7S/c1-16-21-24(33)32(28(2,3)26(34)35)27(36)31(25(21)40-22(16)23-30-11-12-38-23)15-20(17-7-5-4-6-8-17)39-19-9-10-29(37)14-18(29)13-19/h4-8,11-12,18-20,37H,9-10,13-15H2,1-3H3,(H,34,35)/t18?,19-,20+,29-/m1/s1. The number of fused-ring (bicyclic) bond motifs is 2. The summed E-state index contributed by atoms with van der Waals surface area (Å²) in [5.41, 5.74) is -2.34. The molecule has 0 saturated heterocycles. The highest BCUT2D eigenvalue weighted by Crippen LogP contribution is 2.54. The molecule has 2 aliphatic rings. The van der Waals surface area contributed by atoms with Crippen LogP contribution in [0.15, 0.2) is 56.8 Å². The number of aliphatic hydroxyl groups is 1. The monoisotopic (exact) mass is 565 g/mol. The SMILES string of the molecule is Cc1c(-c2ncco2)sc2c1c(=O)n(C(C)(C)C(=O)O)c(=O)n2C[C@H](O[C@@H]1CC[C@@]2(O)CC2C1)c1ccccc1. The van der Waals surface area contributed by atoms with Crippen LogP contribution in [0.3, 0.4) is 0 Å². The predicted molar refractivity (Wildman–Crippen MR) is 149 cm³/mol. The maximum Gasteiger partial charge on any atom is 0.333 e. The Bertz CT molecular complexity index is 1700. The number of carbonyl (C=O) groups is 1. The molecule has 10 nitrogen and oxygen atoms in total. The number of aromatic nitrogens is 3. The van der Waals surface area contributed by atoms with Crippen molar-refractivity contribution in [2.24, 2.45) is 5.92 Å². The fraction of sp³-hybridized carbons (Fsp3) is 0.448. The summed E-state index contributed by atoms with van der Waals surface area (Å²) in [5.74, 6) is -0.761. The topological polar surface area (TPSA) is 137 Å². The molecule has 3 aromatic heterocycles. The molecule has 2 fully saturated rings. The summed E-state index contributed by atoms with van der Waals surface area (Å²) in [6.07, 6.45) is 5.19. The number of rotatable bonds is 8. The Labute approximate surface area is 233 Å². The van der Waals surface area contributed by atoms with Crippen LogP contribution >= 0.6 is 11.3 Å². The number of carboxylic acid groups (broad SMARTS) is 1. The predicted octanol–water partition coefficient (Wildman–Crippen LogP) is 4.07. The molecule has 2 saturated carbocycles. The molecule has 210 valence electrons. The molecule has 2 N–H and O–H groups in total. The summed E-state index contributed by atoms with van der Waals surface area (Å²) < 4.78 is 14.4. The minimum atomic E-state index is -1.80. The highest BCUT2D eigenvalue weighted by Gasteiger charge is 2.56. The van der Waals surface area contributed by atoms with Crippen molar-refractivity contribution in [2.45, 2.75) is 76.3 Å². The molecule has 3 heterocycles. The van der Waals surface area contributed by atoms with Gasteiger partial charge in [-0.05, 0) is 63.5 Å². The summed E-state index contributed by atoms with van der Waals surface area (Å²) in [6.45, 7) is 4.49. The quantitative estimate of drug-likeness (QED) is 0.326. The Morgan fingerprint density at radius 2 is 2.05 bits per heavy atom. The molecule has 1 unspecified atom stereocenters. The minimum Gasteiger partial charge on any atom is -0.480 e. The first kappa shape index (κ1) is 26.7. The zero-order chi connectivity index (χ0) is 28.4. The molecule has 0 spiro atoms. The number of aliphatic carboxylic acids is 1. The van der Waals surface area contributed by atoms with Crippen molar-refractivity contribution in [1.29, 1.82) is 0 Å². The molecule has 40 heavy (non-hydrogen) atoms. The van der Waals surface area contributed by atoms with E-state index in [1.165, 1.54) is 42.2 Å². The van der Waals surface area contributed by atoms with Crippen molar-refractivity contribution >= 4 is 27.5 Å². The molecular formula is C29H31N3O7S. The van der Waals surface area contributed by atoms with E-state index >= 15 is 0 Å². The fourth-order valence-corrected chi connectivity index (χ4v) is 7.12. The third kappa shape index (κ3) is 4.32. The lowest BCUT2D eigenvalue weighted by atomic mass is 9.94. The normalized spacial score (nSPS) is 23.2. The van der Waals surface area contributed by atoms with Gasteiger partial charge in [0.2, 0.25) is 5.89 Å². The van der Waals surface area contributed by atoms with Crippen molar-refractivity contribution in [3.05, 3.63) is 74.8 Å². The zero-order valence-electron chi connectivity index (χ0n) is 22.5. The number of hydrogen-bond acceptors (Lipinski definition) is 8. The molecule has 0 aliphatic heterocycles. The average Bonchev–Trinajstić information content (AvgIpc) is 3.20. The van der Waals surface area contributed by atoms with Gasteiger partial charge in [0.15, 0.2) is 0 Å². The van der Waals surface area contributed by atoms with E-state index in [0.717, 1.165) is 23.0 Å². The maximum absolute atomic E-state index is 14.1. The van der Waals surface area contributed by atoms with Crippen LogP contribution in [0.4, 0.5) is 0 Å². The van der Waals surface area contributed by atoms with Gasteiger partial charge in [0.05, 0.1) is 34.7 Å². The molecular weight excluding hydrogens is 534 g/mol. The van der Waals surface area contributed by atoms with Gasteiger partial charge in [0, 0.05) is 0 Å². The van der Waals surface area contributed by atoms with Crippen molar-refractivity contribution in [2.75, 3.05) is 0 Å². The second-order valence-electron chi connectivity index (χ2n) is 11.4. The largest absolute Gasteiger partial charge is 0.480 e. The van der Waals surface area contributed by atoms with Gasteiger partial charge in [0.25, 0.3) is 5.56 Å². The van der Waals surface area contributed by atoms with E-state index in [0.29, 0.717) is 34.0 Å². The molecule has 11 heteroatoms. The van der Waals surface area contributed by atoms with Crippen LogP contribution < -0.4 is 11.2 Å². The molecule has 0 radical (unpaired) electrons.